The summed E-state index contributed by atoms with van der Waals surface area (Å²) in [6.45, 7) is 2.99. The highest BCUT2D eigenvalue weighted by Crippen LogP contribution is 2.12. The summed E-state index contributed by atoms with van der Waals surface area (Å²) in [7, 11) is 1.70. The third-order valence-corrected chi connectivity index (χ3v) is 2.58. The van der Waals surface area contributed by atoms with Gasteiger partial charge < -0.3 is 19.9 Å². The molecule has 0 radical (unpaired) electrons. The first kappa shape index (κ1) is 15.5. The fourth-order valence-corrected chi connectivity index (χ4v) is 1.58. The molecule has 106 valence electrons. The molecular weight excluding hydrogens is 246 g/mol. The second-order valence-corrected chi connectivity index (χ2v) is 4.13. The van der Waals surface area contributed by atoms with Gasteiger partial charge in [0.25, 0.3) is 0 Å². The average Bonchev–Trinajstić information content (AvgIpc) is 2.42. The van der Waals surface area contributed by atoms with Gasteiger partial charge in [0.05, 0.1) is 5.56 Å². The summed E-state index contributed by atoms with van der Waals surface area (Å²) in [5.74, 6) is -0.359. The van der Waals surface area contributed by atoms with Gasteiger partial charge in [0.2, 0.25) is 0 Å². The number of rotatable bonds is 10. The fraction of sp³-hybridized carbons (Fsp3) is 0.500. The third kappa shape index (κ3) is 6.79. The number of unbranched alkanes of at least 4 members (excludes halogenated alkanes) is 1. The van der Waals surface area contributed by atoms with Crippen LogP contribution in [-0.2, 0) is 4.74 Å². The van der Waals surface area contributed by atoms with E-state index in [1.54, 1.807) is 25.3 Å². The topological polar surface area (TPSA) is 67.8 Å². The summed E-state index contributed by atoms with van der Waals surface area (Å²) in [6, 6.07) is 6.51. The maximum atomic E-state index is 10.8. The van der Waals surface area contributed by atoms with Gasteiger partial charge in [0.1, 0.15) is 12.4 Å². The number of hydrogen-bond donors (Lipinski definition) is 2. The average molecular weight is 267 g/mol. The van der Waals surface area contributed by atoms with Crippen molar-refractivity contribution < 1.29 is 19.4 Å². The minimum absolute atomic E-state index is 0.241. The summed E-state index contributed by atoms with van der Waals surface area (Å²) >= 11 is 0. The summed E-state index contributed by atoms with van der Waals surface area (Å²) < 4.78 is 10.4. The van der Waals surface area contributed by atoms with E-state index in [4.69, 9.17) is 14.6 Å². The van der Waals surface area contributed by atoms with Crippen LogP contribution in [0.4, 0.5) is 0 Å². The van der Waals surface area contributed by atoms with E-state index in [0.29, 0.717) is 12.4 Å². The number of benzene rings is 1. The Morgan fingerprint density at radius 3 is 2.84 bits per heavy atom. The number of nitrogens with one attached hydrogen (secondary N) is 1. The van der Waals surface area contributed by atoms with Gasteiger partial charge in [-0.1, -0.05) is 6.07 Å². The summed E-state index contributed by atoms with van der Waals surface area (Å²) in [6.07, 6.45) is 2.12. The molecule has 2 N–H and O–H groups in total. The molecule has 0 aromatic heterocycles. The predicted molar refractivity (Wildman–Crippen MR) is 72.9 cm³/mol. The molecule has 5 nitrogen and oxygen atoms in total. The van der Waals surface area contributed by atoms with E-state index in [2.05, 4.69) is 5.32 Å². The van der Waals surface area contributed by atoms with Gasteiger partial charge in [-0.2, -0.15) is 0 Å². The van der Waals surface area contributed by atoms with Crippen molar-refractivity contribution in [3.63, 3.8) is 0 Å². The van der Waals surface area contributed by atoms with Crippen molar-refractivity contribution in [1.82, 2.24) is 5.32 Å². The minimum Gasteiger partial charge on any atom is -0.492 e. The van der Waals surface area contributed by atoms with Gasteiger partial charge in [-0.15, -0.1) is 0 Å². The molecule has 0 fully saturated rings. The van der Waals surface area contributed by atoms with Gasteiger partial charge in [-0.25, -0.2) is 4.79 Å². The number of carboxylic acids is 1. The molecule has 0 saturated heterocycles. The summed E-state index contributed by atoms with van der Waals surface area (Å²) in [4.78, 5) is 10.8. The summed E-state index contributed by atoms with van der Waals surface area (Å²) in [5.41, 5.74) is 0.241. The lowest BCUT2D eigenvalue weighted by Crippen LogP contribution is -2.22. The van der Waals surface area contributed by atoms with E-state index in [1.807, 2.05) is 0 Å². The number of carbonyl (C=O) groups is 1. The van der Waals surface area contributed by atoms with Crippen LogP contribution in [0.1, 0.15) is 23.2 Å². The Balaban J connectivity index is 2.12. The lowest BCUT2D eigenvalue weighted by molar-refractivity contribution is 0.0696. The number of methoxy groups -OCH3 is 1. The molecule has 0 aliphatic rings. The van der Waals surface area contributed by atoms with Crippen molar-refractivity contribution in [2.24, 2.45) is 0 Å². The Kier molecular flexibility index (Phi) is 7.62. The number of hydrogen-bond acceptors (Lipinski definition) is 4. The smallest absolute Gasteiger partial charge is 0.335 e. The standard InChI is InChI=1S/C14H21NO4/c1-18-9-3-2-7-15-8-10-19-13-6-4-5-12(11-13)14(16)17/h4-6,11,15H,2-3,7-10H2,1H3,(H,16,17). The van der Waals surface area contributed by atoms with Crippen LogP contribution in [0.2, 0.25) is 0 Å². The SMILES string of the molecule is COCCCCNCCOc1cccc(C(=O)O)c1. The van der Waals surface area contributed by atoms with Gasteiger partial charge in [-0.3, -0.25) is 0 Å². The molecule has 19 heavy (non-hydrogen) atoms. The van der Waals surface area contributed by atoms with Crippen molar-refractivity contribution in [1.29, 1.82) is 0 Å². The Morgan fingerprint density at radius 1 is 1.26 bits per heavy atom. The van der Waals surface area contributed by atoms with E-state index in [1.165, 1.54) is 6.07 Å². The minimum atomic E-state index is -0.943. The molecule has 0 saturated carbocycles. The molecule has 1 aromatic rings. The van der Waals surface area contributed by atoms with E-state index in [9.17, 15) is 4.79 Å². The molecular formula is C14H21NO4. The normalized spacial score (nSPS) is 10.4. The van der Waals surface area contributed by atoms with Crippen molar-refractivity contribution >= 4 is 5.97 Å². The van der Waals surface area contributed by atoms with Gasteiger partial charge in [-0.05, 0) is 37.6 Å². The molecule has 0 bridgehead atoms. The molecule has 0 unspecified atom stereocenters. The van der Waals surface area contributed by atoms with Crippen molar-refractivity contribution in [2.45, 2.75) is 12.8 Å². The van der Waals surface area contributed by atoms with Gasteiger partial charge in [0, 0.05) is 20.3 Å². The van der Waals surface area contributed by atoms with Crippen LogP contribution in [0.5, 0.6) is 5.75 Å². The molecule has 0 aliphatic carbocycles. The van der Waals surface area contributed by atoms with Crippen LogP contribution >= 0.6 is 0 Å². The van der Waals surface area contributed by atoms with Gasteiger partial charge in [0.15, 0.2) is 0 Å². The van der Waals surface area contributed by atoms with Crippen molar-refractivity contribution in [2.75, 3.05) is 33.4 Å². The largest absolute Gasteiger partial charge is 0.492 e. The maximum Gasteiger partial charge on any atom is 0.335 e. The zero-order chi connectivity index (χ0) is 13.9. The first-order chi connectivity index (χ1) is 9.24. The molecule has 1 rings (SSSR count). The number of aromatic carboxylic acids is 1. The first-order valence-corrected chi connectivity index (χ1v) is 6.40. The predicted octanol–water partition coefficient (Wildman–Crippen LogP) is 1.78. The second kappa shape index (κ2) is 9.35. The van der Waals surface area contributed by atoms with Crippen LogP contribution in [0.3, 0.4) is 0 Å². The molecule has 0 heterocycles. The third-order valence-electron chi connectivity index (χ3n) is 2.58. The molecule has 0 aliphatic heterocycles. The summed E-state index contributed by atoms with van der Waals surface area (Å²) in [5, 5.41) is 12.1. The lowest BCUT2D eigenvalue weighted by atomic mass is 10.2. The highest BCUT2D eigenvalue weighted by Gasteiger charge is 2.03. The van der Waals surface area contributed by atoms with E-state index in [-0.39, 0.29) is 5.56 Å². The monoisotopic (exact) mass is 267 g/mol. The highest BCUT2D eigenvalue weighted by molar-refractivity contribution is 5.87. The Bertz CT molecular complexity index is 381. The molecule has 1 aromatic carbocycles. The van der Waals surface area contributed by atoms with Gasteiger partial charge >= 0.3 is 5.97 Å². The number of ether oxygens (including phenoxy) is 2. The molecule has 0 atom stereocenters. The van der Waals surface area contributed by atoms with Crippen LogP contribution in [0.25, 0.3) is 0 Å². The van der Waals surface area contributed by atoms with Crippen LogP contribution in [0.15, 0.2) is 24.3 Å². The maximum absolute atomic E-state index is 10.8. The Morgan fingerprint density at radius 2 is 2.11 bits per heavy atom. The highest BCUT2D eigenvalue weighted by atomic mass is 16.5. The molecule has 0 spiro atoms. The van der Waals surface area contributed by atoms with E-state index in [0.717, 1.165) is 32.5 Å². The molecule has 5 heteroatoms. The van der Waals surface area contributed by atoms with E-state index >= 15 is 0 Å². The van der Waals surface area contributed by atoms with Crippen molar-refractivity contribution in [3.05, 3.63) is 29.8 Å². The van der Waals surface area contributed by atoms with Crippen LogP contribution in [-0.4, -0.2) is 44.5 Å². The Hall–Kier alpha value is -1.59. The van der Waals surface area contributed by atoms with Crippen molar-refractivity contribution in [3.8, 4) is 5.75 Å². The van der Waals surface area contributed by atoms with E-state index < -0.39 is 5.97 Å². The fourth-order valence-electron chi connectivity index (χ4n) is 1.58. The lowest BCUT2D eigenvalue weighted by Gasteiger charge is -2.08. The zero-order valence-corrected chi connectivity index (χ0v) is 11.2. The second-order valence-electron chi connectivity index (χ2n) is 4.13. The zero-order valence-electron chi connectivity index (χ0n) is 11.2. The quantitative estimate of drug-likeness (QED) is 0.632. The first-order valence-electron chi connectivity index (χ1n) is 6.40. The van der Waals surface area contributed by atoms with Crippen LogP contribution in [0, 0.1) is 0 Å². The van der Waals surface area contributed by atoms with Crippen LogP contribution < -0.4 is 10.1 Å². The number of carboxylic acid groups (broad SMARTS) is 1. The molecule has 0 amide bonds. The Labute approximate surface area is 113 Å².